The average molecular weight is 490 g/mol. The molecule has 0 spiro atoms. The fourth-order valence-corrected chi connectivity index (χ4v) is 3.29. The number of aromatic nitrogens is 8. The highest BCUT2D eigenvalue weighted by molar-refractivity contribution is 6.02. The monoisotopic (exact) mass is 490 g/mol. The Kier molecular flexibility index (Phi) is 7.04. The zero-order chi connectivity index (χ0) is 25.7. The highest BCUT2D eigenvalue weighted by Gasteiger charge is 2.18. The molecule has 0 aliphatic heterocycles. The van der Waals surface area contributed by atoms with Gasteiger partial charge in [-0.3, -0.25) is 9.59 Å². The standard InChI is InChI=1S/C22H22N10O4/c1-13-8-14(2)25-22(24-13)32-18(9-15(3)28-32)27-20(34)11-36-21(35)16-6-4-5-7-17(16)26-19(33)10-31-12-23-29-30-31/h4-9,12H,10-11H2,1-3H3,(H,26,33)(H,27,34). The summed E-state index contributed by atoms with van der Waals surface area (Å²) in [7, 11) is 0. The number of ether oxygens (including phenoxy) is 1. The number of amides is 2. The van der Waals surface area contributed by atoms with Crippen LogP contribution >= 0.6 is 0 Å². The second-order valence-electron chi connectivity index (χ2n) is 7.76. The van der Waals surface area contributed by atoms with Gasteiger partial charge in [-0.2, -0.15) is 9.78 Å². The summed E-state index contributed by atoms with van der Waals surface area (Å²) in [5.41, 5.74) is 2.44. The summed E-state index contributed by atoms with van der Waals surface area (Å²) in [6.45, 7) is 4.72. The summed E-state index contributed by atoms with van der Waals surface area (Å²) in [6, 6.07) is 9.75. The molecule has 0 atom stereocenters. The van der Waals surface area contributed by atoms with E-state index >= 15 is 0 Å². The number of para-hydroxylation sites is 1. The van der Waals surface area contributed by atoms with Gasteiger partial charge in [-0.1, -0.05) is 12.1 Å². The maximum absolute atomic E-state index is 12.7. The fraction of sp³-hybridized carbons (Fsp3) is 0.227. The van der Waals surface area contributed by atoms with E-state index in [1.54, 1.807) is 31.2 Å². The molecule has 2 amide bonds. The van der Waals surface area contributed by atoms with E-state index in [4.69, 9.17) is 4.74 Å². The van der Waals surface area contributed by atoms with Gasteiger partial charge in [0.15, 0.2) is 6.61 Å². The van der Waals surface area contributed by atoms with Gasteiger partial charge in [0.05, 0.1) is 16.9 Å². The van der Waals surface area contributed by atoms with Crippen LogP contribution in [-0.4, -0.2) is 64.3 Å². The Balaban J connectivity index is 1.40. The number of tetrazole rings is 1. The van der Waals surface area contributed by atoms with E-state index in [0.717, 1.165) is 11.4 Å². The number of hydrogen-bond acceptors (Lipinski definition) is 10. The normalized spacial score (nSPS) is 10.6. The Morgan fingerprint density at radius 3 is 2.42 bits per heavy atom. The summed E-state index contributed by atoms with van der Waals surface area (Å²) < 4.78 is 7.82. The molecule has 14 nitrogen and oxygen atoms in total. The Bertz CT molecular complexity index is 1390. The van der Waals surface area contributed by atoms with Crippen LogP contribution in [0.15, 0.2) is 42.7 Å². The van der Waals surface area contributed by atoms with Crippen molar-refractivity contribution in [1.29, 1.82) is 0 Å². The Morgan fingerprint density at radius 1 is 0.944 bits per heavy atom. The van der Waals surface area contributed by atoms with Gasteiger partial charge in [0.2, 0.25) is 5.91 Å². The van der Waals surface area contributed by atoms with Crippen LogP contribution < -0.4 is 10.6 Å². The summed E-state index contributed by atoms with van der Waals surface area (Å²) in [5, 5.41) is 20.1. The topological polar surface area (TPSA) is 172 Å². The highest BCUT2D eigenvalue weighted by Crippen LogP contribution is 2.18. The van der Waals surface area contributed by atoms with Gasteiger partial charge in [-0.25, -0.2) is 19.4 Å². The van der Waals surface area contributed by atoms with Crippen LogP contribution in [0.1, 0.15) is 27.4 Å². The van der Waals surface area contributed by atoms with Crippen LogP contribution in [0, 0.1) is 20.8 Å². The third-order valence-electron chi connectivity index (χ3n) is 4.71. The number of carbonyl (C=O) groups is 3. The molecule has 4 aromatic rings. The van der Waals surface area contributed by atoms with Crippen LogP contribution in [-0.2, 0) is 20.9 Å². The Morgan fingerprint density at radius 2 is 1.69 bits per heavy atom. The van der Waals surface area contributed by atoms with Crippen molar-refractivity contribution in [2.75, 3.05) is 17.2 Å². The fourth-order valence-electron chi connectivity index (χ4n) is 3.29. The molecule has 3 heterocycles. The van der Waals surface area contributed by atoms with Crippen LogP contribution in [0.2, 0.25) is 0 Å². The molecule has 184 valence electrons. The highest BCUT2D eigenvalue weighted by atomic mass is 16.5. The van der Waals surface area contributed by atoms with E-state index in [-0.39, 0.29) is 17.8 Å². The number of nitrogens with one attached hydrogen (secondary N) is 2. The molecule has 14 heteroatoms. The van der Waals surface area contributed by atoms with Crippen LogP contribution in [0.25, 0.3) is 5.95 Å². The van der Waals surface area contributed by atoms with Gasteiger partial charge in [-0.05, 0) is 49.4 Å². The summed E-state index contributed by atoms with van der Waals surface area (Å²) in [4.78, 5) is 46.2. The van der Waals surface area contributed by atoms with E-state index in [1.165, 1.54) is 21.8 Å². The zero-order valence-corrected chi connectivity index (χ0v) is 19.7. The number of hydrogen-bond donors (Lipinski definition) is 2. The number of nitrogens with zero attached hydrogens (tertiary/aromatic N) is 8. The van der Waals surface area contributed by atoms with Gasteiger partial charge in [0.1, 0.15) is 18.7 Å². The van der Waals surface area contributed by atoms with Gasteiger partial charge < -0.3 is 15.4 Å². The van der Waals surface area contributed by atoms with E-state index in [1.807, 2.05) is 19.9 Å². The van der Waals surface area contributed by atoms with Crippen molar-refractivity contribution < 1.29 is 19.1 Å². The van der Waals surface area contributed by atoms with Gasteiger partial charge in [-0.15, -0.1) is 5.10 Å². The van der Waals surface area contributed by atoms with Crippen molar-refractivity contribution in [2.24, 2.45) is 0 Å². The average Bonchev–Trinajstić information content (AvgIpc) is 3.46. The van der Waals surface area contributed by atoms with Crippen molar-refractivity contribution in [1.82, 2.24) is 40.0 Å². The predicted octanol–water partition coefficient (Wildman–Crippen LogP) is 1.01. The SMILES string of the molecule is Cc1cc(C)nc(-n2nc(C)cc2NC(=O)COC(=O)c2ccccc2NC(=O)Cn2cnnn2)n1. The third kappa shape index (κ3) is 5.91. The van der Waals surface area contributed by atoms with E-state index in [0.29, 0.717) is 17.5 Å². The quantitative estimate of drug-likeness (QED) is 0.339. The number of carbonyl (C=O) groups excluding carboxylic acids is 3. The number of rotatable bonds is 8. The van der Waals surface area contributed by atoms with E-state index < -0.39 is 24.4 Å². The molecular weight excluding hydrogens is 468 g/mol. The molecule has 0 saturated carbocycles. The maximum atomic E-state index is 12.7. The number of esters is 1. The molecule has 0 fully saturated rings. The first kappa shape index (κ1) is 24.1. The molecule has 3 aromatic heterocycles. The minimum absolute atomic E-state index is 0.0832. The number of aryl methyl sites for hydroxylation is 3. The maximum Gasteiger partial charge on any atom is 0.340 e. The third-order valence-corrected chi connectivity index (χ3v) is 4.71. The second-order valence-corrected chi connectivity index (χ2v) is 7.76. The van der Waals surface area contributed by atoms with Gasteiger partial charge in [0.25, 0.3) is 11.9 Å². The molecule has 0 unspecified atom stereocenters. The van der Waals surface area contributed by atoms with Crippen molar-refractivity contribution in [3.8, 4) is 5.95 Å². The van der Waals surface area contributed by atoms with Crippen molar-refractivity contribution in [3.05, 3.63) is 65.4 Å². The lowest BCUT2D eigenvalue weighted by molar-refractivity contribution is -0.119. The first-order valence-electron chi connectivity index (χ1n) is 10.7. The van der Waals surface area contributed by atoms with Gasteiger partial charge >= 0.3 is 5.97 Å². The molecular formula is C22H22N10O4. The van der Waals surface area contributed by atoms with E-state index in [9.17, 15) is 14.4 Å². The largest absolute Gasteiger partial charge is 0.452 e. The number of benzene rings is 1. The number of anilines is 2. The van der Waals surface area contributed by atoms with Crippen LogP contribution in [0.3, 0.4) is 0 Å². The summed E-state index contributed by atoms with van der Waals surface area (Å²) in [5.74, 6) is -1.19. The second kappa shape index (κ2) is 10.5. The molecule has 0 aliphatic rings. The first-order chi connectivity index (χ1) is 17.3. The lowest BCUT2D eigenvalue weighted by Crippen LogP contribution is -2.24. The minimum atomic E-state index is -0.786. The Hall–Kier alpha value is -5.01. The molecule has 0 bridgehead atoms. The Labute approximate surface area is 204 Å². The summed E-state index contributed by atoms with van der Waals surface area (Å²) in [6.07, 6.45) is 1.29. The van der Waals surface area contributed by atoms with Crippen LogP contribution in [0.4, 0.5) is 11.5 Å². The lowest BCUT2D eigenvalue weighted by Gasteiger charge is -2.11. The lowest BCUT2D eigenvalue weighted by atomic mass is 10.2. The smallest absolute Gasteiger partial charge is 0.340 e. The van der Waals surface area contributed by atoms with Crippen molar-refractivity contribution in [2.45, 2.75) is 27.3 Å². The van der Waals surface area contributed by atoms with Crippen LogP contribution in [0.5, 0.6) is 0 Å². The molecule has 0 radical (unpaired) electrons. The molecule has 1 aromatic carbocycles. The zero-order valence-electron chi connectivity index (χ0n) is 19.7. The van der Waals surface area contributed by atoms with E-state index in [2.05, 4.69) is 41.2 Å². The summed E-state index contributed by atoms with van der Waals surface area (Å²) >= 11 is 0. The van der Waals surface area contributed by atoms with Crippen molar-refractivity contribution in [3.63, 3.8) is 0 Å². The first-order valence-corrected chi connectivity index (χ1v) is 10.7. The molecule has 0 aliphatic carbocycles. The van der Waals surface area contributed by atoms with Crippen molar-refractivity contribution >= 4 is 29.3 Å². The van der Waals surface area contributed by atoms with Gasteiger partial charge in [0, 0.05) is 17.5 Å². The molecule has 0 saturated heterocycles. The molecule has 36 heavy (non-hydrogen) atoms. The minimum Gasteiger partial charge on any atom is -0.452 e. The predicted molar refractivity (Wildman–Crippen MR) is 125 cm³/mol. The molecule has 4 rings (SSSR count). The molecule has 2 N–H and O–H groups in total.